The van der Waals surface area contributed by atoms with Crippen molar-refractivity contribution in [1.82, 2.24) is 0 Å². The minimum absolute atomic E-state index is 0.645. The van der Waals surface area contributed by atoms with Crippen LogP contribution in [0, 0.1) is 5.92 Å². The molecule has 212 valence electrons. The monoisotopic (exact) mass is 558 g/mol. The van der Waals surface area contributed by atoms with Crippen molar-refractivity contribution in [1.29, 1.82) is 0 Å². The second-order valence-corrected chi connectivity index (χ2v) is 13.0. The van der Waals surface area contributed by atoms with Gasteiger partial charge in [0.1, 0.15) is 6.61 Å². The molecule has 0 aromatic heterocycles. The van der Waals surface area contributed by atoms with Crippen LogP contribution in [0.15, 0.2) is 133 Å². The minimum atomic E-state index is -1.51. The molecule has 0 spiro atoms. The molecule has 8 rings (SSSR count). The van der Waals surface area contributed by atoms with Crippen molar-refractivity contribution in [2.45, 2.75) is 38.5 Å². The molecule has 1 aliphatic heterocycles. The fraction of sp³-hybridized carbons (Fsp3) is 0.220. The highest BCUT2D eigenvalue weighted by atomic mass is 16.6. The molecule has 1 fully saturated rings. The summed E-state index contributed by atoms with van der Waals surface area (Å²) in [5, 5.41) is 7.82. The van der Waals surface area contributed by atoms with Crippen molar-refractivity contribution in [2.75, 3.05) is 13.7 Å². The van der Waals surface area contributed by atoms with Crippen molar-refractivity contribution in [3.8, 4) is 0 Å². The van der Waals surface area contributed by atoms with E-state index in [1.54, 1.807) is 11.0 Å². The van der Waals surface area contributed by atoms with Gasteiger partial charge in [0, 0.05) is 6.42 Å². The zero-order chi connectivity index (χ0) is 28.8. The summed E-state index contributed by atoms with van der Waals surface area (Å²) in [6.07, 6.45) is 6.27. The van der Waals surface area contributed by atoms with E-state index in [0.29, 0.717) is 5.92 Å². The topological polar surface area (TPSA) is 2.70 Å². The summed E-state index contributed by atoms with van der Waals surface area (Å²) in [4.78, 5) is 0. The Hall–Kier alpha value is -4.14. The maximum atomic E-state index is 3.84. The number of benzene rings is 6. The minimum Gasteiger partial charge on any atom is -0.662 e. The Morgan fingerprint density at radius 2 is 1.02 bits per heavy atom. The number of hydrogen-bond donors (Lipinski definition) is 0. The van der Waals surface area contributed by atoms with E-state index in [4.69, 9.17) is 0 Å². The molecular formula is C41H39BO. The Morgan fingerprint density at radius 3 is 1.58 bits per heavy atom. The van der Waals surface area contributed by atoms with E-state index in [0.717, 1.165) is 13.0 Å². The molecule has 1 aliphatic carbocycles. The molecule has 1 saturated carbocycles. The molecule has 1 nitrogen and oxygen atoms in total. The Balaban J connectivity index is 1.50. The van der Waals surface area contributed by atoms with Crippen LogP contribution in [-0.4, -0.2) is 20.1 Å². The lowest BCUT2D eigenvalue weighted by molar-refractivity contribution is 0.0525. The first kappa shape index (κ1) is 26.5. The highest BCUT2D eigenvalue weighted by Gasteiger charge is 2.50. The third-order valence-corrected chi connectivity index (χ3v) is 10.7. The van der Waals surface area contributed by atoms with E-state index in [-0.39, 0.29) is 0 Å². The molecule has 1 heterocycles. The summed E-state index contributed by atoms with van der Waals surface area (Å²) in [5.41, 5.74) is 7.39. The van der Waals surface area contributed by atoms with Crippen molar-refractivity contribution in [3.63, 3.8) is 0 Å². The lowest BCUT2D eigenvalue weighted by Gasteiger charge is -2.53. The molecule has 2 heteroatoms. The molecule has 2 aliphatic rings. The molecule has 43 heavy (non-hydrogen) atoms. The van der Waals surface area contributed by atoms with Crippen LogP contribution >= 0.6 is 0 Å². The van der Waals surface area contributed by atoms with Gasteiger partial charge < -0.3 is 4.28 Å². The maximum Gasteiger partial charge on any atom is 0.377 e. The highest BCUT2D eigenvalue weighted by molar-refractivity contribution is 7.11. The third-order valence-electron chi connectivity index (χ3n) is 10.7. The van der Waals surface area contributed by atoms with Crippen LogP contribution in [-0.2, 0) is 4.28 Å². The molecule has 0 N–H and O–H groups in total. The van der Waals surface area contributed by atoms with E-state index in [1.807, 2.05) is 0 Å². The van der Waals surface area contributed by atoms with Crippen LogP contribution in [0.5, 0.6) is 0 Å². The van der Waals surface area contributed by atoms with E-state index < -0.39 is 6.35 Å². The number of fused-ring (bicyclic) bond motifs is 3. The SMILES string of the molecule is C[O+]1CCC(C2CCCCC2)=C(c2ccc3ccccc3c2)[B-]1(c1ccc2ccccc2c1)c1ccc2ccccc2c1. The second-order valence-electron chi connectivity index (χ2n) is 13.0. The standard InChI is InChI=1S/C41H39BO/c1-43-26-25-40(33-14-3-2-4-15-33)41(37-20-19-30-11-5-8-16-34(30)27-37)42(43,38-23-21-31-12-6-9-17-35(31)28-38)39-24-22-32-13-7-10-18-36(32)29-39/h5-13,16-24,27-29,33H,2-4,14-15,25-26H2,1H3. The lowest BCUT2D eigenvalue weighted by atomic mass is 9.25. The van der Waals surface area contributed by atoms with E-state index in [2.05, 4.69) is 139 Å². The van der Waals surface area contributed by atoms with Gasteiger partial charge in [0.2, 0.25) is 0 Å². The lowest BCUT2D eigenvalue weighted by Crippen LogP contribution is -2.68. The second kappa shape index (κ2) is 10.9. The van der Waals surface area contributed by atoms with E-state index >= 15 is 0 Å². The first-order valence-electron chi connectivity index (χ1n) is 16.2. The van der Waals surface area contributed by atoms with Gasteiger partial charge in [-0.05, 0) is 57.1 Å². The van der Waals surface area contributed by atoms with Crippen molar-refractivity contribution < 1.29 is 4.28 Å². The van der Waals surface area contributed by atoms with Gasteiger partial charge in [0.15, 0.2) is 0 Å². The molecule has 0 radical (unpaired) electrons. The van der Waals surface area contributed by atoms with Gasteiger partial charge in [-0.15, -0.1) is 16.4 Å². The average Bonchev–Trinajstić information content (AvgIpc) is 3.08. The van der Waals surface area contributed by atoms with Gasteiger partial charge in [0.25, 0.3) is 0 Å². The van der Waals surface area contributed by atoms with E-state index in [1.165, 1.54) is 80.9 Å². The van der Waals surface area contributed by atoms with Crippen molar-refractivity contribution in [2.24, 2.45) is 5.92 Å². The Kier molecular flexibility index (Phi) is 6.68. The summed E-state index contributed by atoms with van der Waals surface area (Å²) >= 11 is 0. The van der Waals surface area contributed by atoms with Gasteiger partial charge >= 0.3 is 6.35 Å². The Labute approximate surface area is 255 Å². The Bertz CT molecular complexity index is 1920. The predicted molar refractivity (Wildman–Crippen MR) is 187 cm³/mol. The number of hydrogen-bond acceptors (Lipinski definition) is 0. The molecule has 0 atom stereocenters. The van der Waals surface area contributed by atoms with Crippen LogP contribution in [0.1, 0.15) is 44.1 Å². The zero-order valence-corrected chi connectivity index (χ0v) is 25.1. The molecular weight excluding hydrogens is 519 g/mol. The van der Waals surface area contributed by atoms with Crippen LogP contribution in [0.2, 0.25) is 0 Å². The maximum absolute atomic E-state index is 3.84. The Morgan fingerprint density at radius 1 is 0.535 bits per heavy atom. The molecule has 0 unspecified atom stereocenters. The quantitative estimate of drug-likeness (QED) is 0.150. The van der Waals surface area contributed by atoms with Crippen molar-refractivity contribution >= 4 is 55.1 Å². The first-order chi connectivity index (χ1) is 21.2. The average molecular weight is 559 g/mol. The largest absolute Gasteiger partial charge is 0.662 e. The predicted octanol–water partition coefficient (Wildman–Crippen LogP) is 9.37. The molecule has 6 aromatic carbocycles. The summed E-state index contributed by atoms with van der Waals surface area (Å²) in [7, 11) is 2.31. The summed E-state index contributed by atoms with van der Waals surface area (Å²) in [6.45, 7) is 0.989. The normalized spacial score (nSPS) is 18.1. The summed E-state index contributed by atoms with van der Waals surface area (Å²) in [6, 6.07) is 48.3. The van der Waals surface area contributed by atoms with Gasteiger partial charge in [-0.25, -0.2) is 0 Å². The highest BCUT2D eigenvalue weighted by Crippen LogP contribution is 2.45. The van der Waals surface area contributed by atoms with Gasteiger partial charge in [-0.1, -0.05) is 152 Å². The molecule has 0 bridgehead atoms. The zero-order valence-electron chi connectivity index (χ0n) is 25.1. The third kappa shape index (κ3) is 4.43. The van der Waals surface area contributed by atoms with Crippen LogP contribution in [0.3, 0.4) is 0 Å². The fourth-order valence-electron chi connectivity index (χ4n) is 8.61. The molecule has 0 saturated heterocycles. The molecule has 0 amide bonds. The van der Waals surface area contributed by atoms with Crippen LogP contribution in [0.25, 0.3) is 37.8 Å². The summed E-state index contributed by atoms with van der Waals surface area (Å²) < 4.78 is 3.84. The van der Waals surface area contributed by atoms with Gasteiger partial charge in [-0.3, -0.25) is 0 Å². The smallest absolute Gasteiger partial charge is 0.377 e. The van der Waals surface area contributed by atoms with Crippen molar-refractivity contribution in [3.05, 3.63) is 139 Å². The number of rotatable bonds is 4. The van der Waals surface area contributed by atoms with Gasteiger partial charge in [-0.2, -0.15) is 0 Å². The van der Waals surface area contributed by atoms with Crippen LogP contribution < -0.4 is 10.9 Å². The first-order valence-corrected chi connectivity index (χ1v) is 16.2. The van der Waals surface area contributed by atoms with Gasteiger partial charge in [0.05, 0.1) is 7.11 Å². The summed E-state index contributed by atoms with van der Waals surface area (Å²) in [5.74, 6) is 0.645. The fourth-order valence-corrected chi connectivity index (χ4v) is 8.61. The van der Waals surface area contributed by atoms with E-state index in [9.17, 15) is 0 Å². The van der Waals surface area contributed by atoms with Crippen LogP contribution in [0.4, 0.5) is 0 Å². The molecule has 6 aromatic rings.